The Morgan fingerprint density at radius 3 is 2.33 bits per heavy atom. The molecular formula is C12H20N2O4. The van der Waals surface area contributed by atoms with Crippen molar-refractivity contribution in [2.45, 2.75) is 50.1 Å². The minimum Gasteiger partial charge on any atom is -0.480 e. The van der Waals surface area contributed by atoms with Crippen LogP contribution in [0, 0.1) is 0 Å². The molecule has 102 valence electrons. The second kappa shape index (κ2) is 5.14. The predicted octanol–water partition coefficient (Wildman–Crippen LogP) is 0.550. The summed E-state index contributed by atoms with van der Waals surface area (Å²) in [5, 5.41) is 20.9. The molecule has 0 bridgehead atoms. The Morgan fingerprint density at radius 1 is 1.28 bits per heavy atom. The number of aliphatic hydroxyl groups is 1. The Hall–Kier alpha value is -1.30. The van der Waals surface area contributed by atoms with E-state index in [0.717, 1.165) is 25.7 Å². The van der Waals surface area contributed by atoms with Gasteiger partial charge in [-0.2, -0.15) is 0 Å². The van der Waals surface area contributed by atoms with Crippen molar-refractivity contribution in [2.75, 3.05) is 13.2 Å². The second-order valence-corrected chi connectivity index (χ2v) is 5.17. The summed E-state index contributed by atoms with van der Waals surface area (Å²) in [6.07, 6.45) is 4.52. The van der Waals surface area contributed by atoms with E-state index >= 15 is 0 Å². The van der Waals surface area contributed by atoms with E-state index in [1.807, 2.05) is 0 Å². The molecule has 0 aliphatic heterocycles. The number of rotatable bonds is 5. The largest absolute Gasteiger partial charge is 0.480 e. The van der Waals surface area contributed by atoms with E-state index in [1.165, 1.54) is 0 Å². The van der Waals surface area contributed by atoms with Crippen LogP contribution in [0.3, 0.4) is 0 Å². The molecule has 2 fully saturated rings. The number of hydrogen-bond donors (Lipinski definition) is 3. The Balaban J connectivity index is 2.01. The van der Waals surface area contributed by atoms with Crippen molar-refractivity contribution in [3.05, 3.63) is 0 Å². The molecule has 0 heterocycles. The highest BCUT2D eigenvalue weighted by atomic mass is 16.4. The third-order valence-electron chi connectivity index (χ3n) is 3.80. The molecule has 0 aromatic carbocycles. The number of amides is 2. The first kappa shape index (κ1) is 13.1. The van der Waals surface area contributed by atoms with Crippen molar-refractivity contribution >= 4 is 12.0 Å². The smallest absolute Gasteiger partial charge is 0.329 e. The standard InChI is InChI=1S/C12H20N2O4/c15-8-7-14(9-3-4-9)11(18)13-12(10(16)17)5-1-2-6-12/h9,15H,1-8H2,(H,13,18)(H,16,17). The highest BCUT2D eigenvalue weighted by molar-refractivity contribution is 5.86. The average molecular weight is 256 g/mol. The molecule has 0 spiro atoms. The van der Waals surface area contributed by atoms with Gasteiger partial charge < -0.3 is 20.4 Å². The van der Waals surface area contributed by atoms with Crippen LogP contribution < -0.4 is 5.32 Å². The first-order valence-electron chi connectivity index (χ1n) is 6.52. The highest BCUT2D eigenvalue weighted by Crippen LogP contribution is 2.31. The predicted molar refractivity (Wildman–Crippen MR) is 64.2 cm³/mol. The van der Waals surface area contributed by atoms with E-state index in [-0.39, 0.29) is 25.2 Å². The van der Waals surface area contributed by atoms with Gasteiger partial charge in [0.05, 0.1) is 6.61 Å². The van der Waals surface area contributed by atoms with Gasteiger partial charge in [-0.3, -0.25) is 0 Å². The molecule has 18 heavy (non-hydrogen) atoms. The number of hydrogen-bond acceptors (Lipinski definition) is 3. The van der Waals surface area contributed by atoms with Crippen molar-refractivity contribution < 1.29 is 19.8 Å². The quantitative estimate of drug-likeness (QED) is 0.670. The number of urea groups is 1. The Kier molecular flexibility index (Phi) is 3.75. The molecule has 3 N–H and O–H groups in total. The number of nitrogens with zero attached hydrogens (tertiary/aromatic N) is 1. The topological polar surface area (TPSA) is 89.9 Å². The molecule has 6 heteroatoms. The molecule has 2 aliphatic rings. The molecule has 2 rings (SSSR count). The summed E-state index contributed by atoms with van der Waals surface area (Å²) in [5.74, 6) is -0.951. The second-order valence-electron chi connectivity index (χ2n) is 5.17. The number of aliphatic hydroxyl groups excluding tert-OH is 1. The fraction of sp³-hybridized carbons (Fsp3) is 0.833. The van der Waals surface area contributed by atoms with Crippen LogP contribution in [0.25, 0.3) is 0 Å². The van der Waals surface area contributed by atoms with Crippen LogP contribution in [-0.4, -0.2) is 51.8 Å². The van der Waals surface area contributed by atoms with E-state index < -0.39 is 11.5 Å². The van der Waals surface area contributed by atoms with E-state index in [4.69, 9.17) is 5.11 Å². The molecule has 6 nitrogen and oxygen atoms in total. The molecule has 0 aromatic rings. The van der Waals surface area contributed by atoms with Gasteiger partial charge in [-0.05, 0) is 25.7 Å². The van der Waals surface area contributed by atoms with Crippen LogP contribution in [0.5, 0.6) is 0 Å². The van der Waals surface area contributed by atoms with Crippen LogP contribution in [0.1, 0.15) is 38.5 Å². The maximum Gasteiger partial charge on any atom is 0.329 e. The Labute approximate surface area is 106 Å². The lowest BCUT2D eigenvalue weighted by atomic mass is 9.98. The third-order valence-corrected chi connectivity index (χ3v) is 3.80. The van der Waals surface area contributed by atoms with Crippen molar-refractivity contribution in [3.63, 3.8) is 0 Å². The summed E-state index contributed by atoms with van der Waals surface area (Å²) in [5.41, 5.74) is -1.10. The fourth-order valence-electron chi connectivity index (χ4n) is 2.59. The lowest BCUT2D eigenvalue weighted by Crippen LogP contribution is -2.57. The van der Waals surface area contributed by atoms with E-state index in [9.17, 15) is 14.7 Å². The van der Waals surface area contributed by atoms with E-state index in [2.05, 4.69) is 5.32 Å². The van der Waals surface area contributed by atoms with E-state index in [1.54, 1.807) is 4.90 Å². The fourth-order valence-corrected chi connectivity index (χ4v) is 2.59. The molecule has 0 saturated heterocycles. The molecule has 0 unspecified atom stereocenters. The number of carbonyl (C=O) groups excluding carboxylic acids is 1. The van der Waals surface area contributed by atoms with Gasteiger partial charge >= 0.3 is 12.0 Å². The molecule has 0 aromatic heterocycles. The van der Waals surface area contributed by atoms with Crippen LogP contribution in [-0.2, 0) is 4.79 Å². The summed E-state index contributed by atoms with van der Waals surface area (Å²) >= 11 is 0. The van der Waals surface area contributed by atoms with Gasteiger partial charge in [0.15, 0.2) is 0 Å². The number of carbonyl (C=O) groups is 2. The lowest BCUT2D eigenvalue weighted by molar-refractivity contribution is -0.144. The zero-order valence-corrected chi connectivity index (χ0v) is 10.4. The van der Waals surface area contributed by atoms with Gasteiger partial charge in [0, 0.05) is 12.6 Å². The average Bonchev–Trinajstić information content (AvgIpc) is 3.05. The Bertz CT molecular complexity index is 335. The maximum atomic E-state index is 12.1. The first-order valence-corrected chi connectivity index (χ1v) is 6.52. The van der Waals surface area contributed by atoms with Gasteiger partial charge in [0.1, 0.15) is 5.54 Å². The Morgan fingerprint density at radius 2 is 1.89 bits per heavy atom. The summed E-state index contributed by atoms with van der Waals surface area (Å²) in [6, 6.07) is -0.180. The SMILES string of the molecule is O=C(NC1(C(=O)O)CCCC1)N(CCO)C1CC1. The van der Waals surface area contributed by atoms with Crippen LogP contribution in [0.4, 0.5) is 4.79 Å². The molecule has 0 atom stereocenters. The number of carboxylic acids is 1. The zero-order chi connectivity index (χ0) is 13.2. The maximum absolute atomic E-state index is 12.1. The van der Waals surface area contributed by atoms with Crippen LogP contribution in [0.2, 0.25) is 0 Å². The van der Waals surface area contributed by atoms with Gasteiger partial charge in [0.2, 0.25) is 0 Å². The number of nitrogens with one attached hydrogen (secondary N) is 1. The number of carboxylic acid groups (broad SMARTS) is 1. The van der Waals surface area contributed by atoms with Crippen molar-refractivity contribution in [3.8, 4) is 0 Å². The summed E-state index contributed by atoms with van der Waals surface area (Å²) in [7, 11) is 0. The molecule has 0 radical (unpaired) electrons. The van der Waals surface area contributed by atoms with Gasteiger partial charge in [-0.1, -0.05) is 12.8 Å². The third kappa shape index (κ3) is 2.58. The minimum absolute atomic E-state index is 0.0933. The normalized spacial score (nSPS) is 21.6. The minimum atomic E-state index is -1.10. The first-order chi connectivity index (χ1) is 8.59. The summed E-state index contributed by atoms with van der Waals surface area (Å²) in [4.78, 5) is 25.0. The zero-order valence-electron chi connectivity index (χ0n) is 10.4. The van der Waals surface area contributed by atoms with Gasteiger partial charge in [-0.25, -0.2) is 9.59 Å². The molecule has 2 amide bonds. The summed E-state index contributed by atoms with van der Waals surface area (Å²) in [6.45, 7) is 0.177. The molecule has 2 aliphatic carbocycles. The summed E-state index contributed by atoms with van der Waals surface area (Å²) < 4.78 is 0. The van der Waals surface area contributed by atoms with Crippen molar-refractivity contribution in [1.82, 2.24) is 10.2 Å². The van der Waals surface area contributed by atoms with E-state index in [0.29, 0.717) is 12.8 Å². The van der Waals surface area contributed by atoms with Crippen LogP contribution >= 0.6 is 0 Å². The molecule has 2 saturated carbocycles. The van der Waals surface area contributed by atoms with Crippen molar-refractivity contribution in [1.29, 1.82) is 0 Å². The highest BCUT2D eigenvalue weighted by Gasteiger charge is 2.44. The van der Waals surface area contributed by atoms with Gasteiger partial charge in [0.25, 0.3) is 0 Å². The van der Waals surface area contributed by atoms with Crippen molar-refractivity contribution in [2.24, 2.45) is 0 Å². The van der Waals surface area contributed by atoms with Crippen LogP contribution in [0.15, 0.2) is 0 Å². The number of aliphatic carboxylic acids is 1. The molecular weight excluding hydrogens is 236 g/mol. The monoisotopic (exact) mass is 256 g/mol. The van der Waals surface area contributed by atoms with Gasteiger partial charge in [-0.15, -0.1) is 0 Å². The lowest BCUT2D eigenvalue weighted by Gasteiger charge is -2.30.